The number of ether oxygens (including phenoxy) is 1. The first-order valence-corrected chi connectivity index (χ1v) is 12.1. The molecule has 0 radical (unpaired) electrons. The normalized spacial score (nSPS) is 14.1. The molecule has 3 aromatic rings. The van der Waals surface area contributed by atoms with Crippen molar-refractivity contribution in [3.8, 4) is 0 Å². The van der Waals surface area contributed by atoms with Crippen LogP contribution in [-0.2, 0) is 22.7 Å². The predicted octanol–water partition coefficient (Wildman–Crippen LogP) is 4.53. The molecule has 34 heavy (non-hydrogen) atoms. The van der Waals surface area contributed by atoms with Gasteiger partial charge in [0.05, 0.1) is 23.9 Å². The van der Waals surface area contributed by atoms with Crippen LogP contribution in [0, 0.1) is 5.82 Å². The van der Waals surface area contributed by atoms with Crippen molar-refractivity contribution in [3.63, 3.8) is 0 Å². The van der Waals surface area contributed by atoms with E-state index in [0.717, 1.165) is 34.8 Å². The second-order valence-electron chi connectivity index (χ2n) is 8.13. The van der Waals surface area contributed by atoms with Crippen LogP contribution >= 0.6 is 11.3 Å². The maximum Gasteiger partial charge on any atom is 0.321 e. The Kier molecular flexibility index (Phi) is 8.21. The number of amides is 3. The molecule has 0 bridgehead atoms. The zero-order chi connectivity index (χ0) is 23.8. The van der Waals surface area contributed by atoms with E-state index in [4.69, 9.17) is 4.74 Å². The lowest BCUT2D eigenvalue weighted by molar-refractivity contribution is -0.126. The molecule has 0 saturated carbocycles. The minimum Gasteiger partial charge on any atom is -0.367 e. The number of para-hydroxylation sites is 1. The number of urea groups is 1. The van der Waals surface area contributed by atoms with Crippen molar-refractivity contribution < 1.29 is 18.7 Å². The Hall–Kier alpha value is -3.30. The number of hydrogen-bond acceptors (Lipinski definition) is 5. The Morgan fingerprint density at radius 1 is 1.09 bits per heavy atom. The summed E-state index contributed by atoms with van der Waals surface area (Å²) in [7, 11) is 0. The second-order valence-corrected chi connectivity index (χ2v) is 9.02. The first kappa shape index (κ1) is 23.8. The molecular weight excluding hydrogens is 455 g/mol. The molecule has 2 N–H and O–H groups in total. The number of rotatable bonds is 8. The van der Waals surface area contributed by atoms with Crippen LogP contribution < -0.4 is 10.6 Å². The van der Waals surface area contributed by atoms with E-state index in [1.54, 1.807) is 23.5 Å². The summed E-state index contributed by atoms with van der Waals surface area (Å²) in [5.41, 5.74) is 2.42. The van der Waals surface area contributed by atoms with E-state index in [9.17, 15) is 14.0 Å². The standard InChI is InChI=1S/C25H27FN4O3S/c26-20-8-6-18(7-9-20)15-33-16-23(31)27-14-22-17-34-24(28-22)19-10-12-30(13-11-19)25(32)29-21-4-2-1-3-5-21/h1-9,17,19H,10-16H2,(H,27,31)(H,29,32). The van der Waals surface area contributed by atoms with Crippen LogP contribution in [-0.4, -0.2) is 41.5 Å². The van der Waals surface area contributed by atoms with Gasteiger partial charge in [0.15, 0.2) is 0 Å². The molecule has 1 aliphatic rings. The van der Waals surface area contributed by atoms with Gasteiger partial charge in [-0.3, -0.25) is 4.79 Å². The van der Waals surface area contributed by atoms with Crippen LogP contribution in [0.1, 0.15) is 35.0 Å². The van der Waals surface area contributed by atoms with E-state index < -0.39 is 0 Å². The minimum absolute atomic E-state index is 0.0716. The fourth-order valence-corrected chi connectivity index (χ4v) is 4.72. The van der Waals surface area contributed by atoms with Crippen molar-refractivity contribution >= 4 is 29.0 Å². The van der Waals surface area contributed by atoms with E-state index in [1.807, 2.05) is 40.6 Å². The second kappa shape index (κ2) is 11.7. The third-order valence-electron chi connectivity index (χ3n) is 5.61. The first-order chi connectivity index (χ1) is 16.6. The molecule has 178 valence electrons. The zero-order valence-corrected chi connectivity index (χ0v) is 19.5. The Bertz CT molecular complexity index is 1080. The molecule has 1 fully saturated rings. The zero-order valence-electron chi connectivity index (χ0n) is 18.7. The number of aromatic nitrogens is 1. The summed E-state index contributed by atoms with van der Waals surface area (Å²) in [6.07, 6.45) is 1.72. The number of carbonyl (C=O) groups excluding carboxylic acids is 2. The largest absolute Gasteiger partial charge is 0.367 e. The van der Waals surface area contributed by atoms with Gasteiger partial charge in [-0.2, -0.15) is 0 Å². The van der Waals surface area contributed by atoms with Crippen molar-refractivity contribution in [2.24, 2.45) is 0 Å². The summed E-state index contributed by atoms with van der Waals surface area (Å²) in [6, 6.07) is 15.4. The van der Waals surface area contributed by atoms with E-state index >= 15 is 0 Å². The summed E-state index contributed by atoms with van der Waals surface area (Å²) in [4.78, 5) is 31.0. The van der Waals surface area contributed by atoms with E-state index in [1.165, 1.54) is 12.1 Å². The Morgan fingerprint density at radius 3 is 2.56 bits per heavy atom. The monoisotopic (exact) mass is 482 g/mol. The molecule has 9 heteroatoms. The summed E-state index contributed by atoms with van der Waals surface area (Å²) >= 11 is 1.59. The predicted molar refractivity (Wildman–Crippen MR) is 129 cm³/mol. The molecule has 1 aliphatic heterocycles. The molecule has 0 unspecified atom stereocenters. The van der Waals surface area contributed by atoms with E-state index in [0.29, 0.717) is 25.6 Å². The molecular formula is C25H27FN4O3S. The van der Waals surface area contributed by atoms with Crippen molar-refractivity contribution in [2.45, 2.75) is 31.9 Å². The summed E-state index contributed by atoms with van der Waals surface area (Å²) in [5, 5.41) is 8.75. The number of piperidine rings is 1. The first-order valence-electron chi connectivity index (χ1n) is 11.2. The molecule has 0 atom stereocenters. The van der Waals surface area contributed by atoms with Gasteiger partial charge in [-0.1, -0.05) is 30.3 Å². The average molecular weight is 483 g/mol. The van der Waals surface area contributed by atoms with Crippen LogP contribution in [0.5, 0.6) is 0 Å². The van der Waals surface area contributed by atoms with Gasteiger partial charge in [-0.15, -0.1) is 11.3 Å². The lowest BCUT2D eigenvalue weighted by Crippen LogP contribution is -2.40. The van der Waals surface area contributed by atoms with Crippen molar-refractivity contribution in [3.05, 3.63) is 82.1 Å². The lowest BCUT2D eigenvalue weighted by Gasteiger charge is -2.31. The molecule has 1 aromatic heterocycles. The number of carbonyl (C=O) groups is 2. The number of thiazole rings is 1. The molecule has 7 nitrogen and oxygen atoms in total. The number of nitrogens with one attached hydrogen (secondary N) is 2. The van der Waals surface area contributed by atoms with Gasteiger partial charge < -0.3 is 20.3 Å². The fraction of sp³-hybridized carbons (Fsp3) is 0.320. The third kappa shape index (κ3) is 6.85. The Labute approximate surface area is 202 Å². The Morgan fingerprint density at radius 2 is 1.82 bits per heavy atom. The molecule has 1 saturated heterocycles. The topological polar surface area (TPSA) is 83.6 Å². The van der Waals surface area contributed by atoms with Crippen LogP contribution in [0.2, 0.25) is 0 Å². The third-order valence-corrected chi connectivity index (χ3v) is 6.66. The molecule has 2 heterocycles. The maximum atomic E-state index is 12.9. The number of likely N-dealkylation sites (tertiary alicyclic amines) is 1. The van der Waals surface area contributed by atoms with Gasteiger partial charge in [-0.05, 0) is 42.7 Å². The molecule has 2 aromatic carbocycles. The summed E-state index contributed by atoms with van der Waals surface area (Å²) < 4.78 is 18.3. The van der Waals surface area contributed by atoms with Crippen molar-refractivity contribution in [1.29, 1.82) is 0 Å². The SMILES string of the molecule is O=C(COCc1ccc(F)cc1)NCc1csc(C2CCN(C(=O)Nc3ccccc3)CC2)n1. The molecule has 4 rings (SSSR count). The number of anilines is 1. The summed E-state index contributed by atoms with van der Waals surface area (Å²) in [6.45, 7) is 1.88. The fourth-order valence-electron chi connectivity index (χ4n) is 3.73. The van der Waals surface area contributed by atoms with Gasteiger partial charge in [0.25, 0.3) is 0 Å². The van der Waals surface area contributed by atoms with Crippen LogP contribution in [0.3, 0.4) is 0 Å². The van der Waals surface area contributed by atoms with Crippen molar-refractivity contribution in [1.82, 2.24) is 15.2 Å². The van der Waals surface area contributed by atoms with Gasteiger partial charge in [0.2, 0.25) is 5.91 Å². The quantitative estimate of drug-likeness (QED) is 0.494. The maximum absolute atomic E-state index is 12.9. The highest BCUT2D eigenvalue weighted by molar-refractivity contribution is 7.09. The number of hydrogen-bond donors (Lipinski definition) is 2. The lowest BCUT2D eigenvalue weighted by atomic mass is 9.98. The highest BCUT2D eigenvalue weighted by Crippen LogP contribution is 2.30. The summed E-state index contributed by atoms with van der Waals surface area (Å²) in [5.74, 6) is -0.216. The minimum atomic E-state index is -0.303. The van der Waals surface area contributed by atoms with Crippen LogP contribution in [0.4, 0.5) is 14.9 Å². The highest BCUT2D eigenvalue weighted by atomic mass is 32.1. The van der Waals surface area contributed by atoms with Crippen LogP contribution in [0.25, 0.3) is 0 Å². The average Bonchev–Trinajstić information content (AvgIpc) is 3.34. The van der Waals surface area contributed by atoms with Gasteiger partial charge in [0, 0.05) is 30.1 Å². The van der Waals surface area contributed by atoms with Crippen LogP contribution in [0.15, 0.2) is 60.0 Å². The van der Waals surface area contributed by atoms with Gasteiger partial charge in [0.1, 0.15) is 12.4 Å². The molecule has 0 aliphatic carbocycles. The van der Waals surface area contributed by atoms with E-state index in [-0.39, 0.29) is 31.0 Å². The highest BCUT2D eigenvalue weighted by Gasteiger charge is 2.25. The van der Waals surface area contributed by atoms with Gasteiger partial charge in [-0.25, -0.2) is 14.2 Å². The smallest absolute Gasteiger partial charge is 0.321 e. The Balaban J connectivity index is 1.16. The number of halogens is 1. The van der Waals surface area contributed by atoms with E-state index in [2.05, 4.69) is 15.6 Å². The molecule has 0 spiro atoms. The number of nitrogens with zero attached hydrogens (tertiary/aromatic N) is 2. The number of benzene rings is 2. The van der Waals surface area contributed by atoms with Gasteiger partial charge >= 0.3 is 6.03 Å². The van der Waals surface area contributed by atoms with Crippen molar-refractivity contribution in [2.75, 3.05) is 25.0 Å². The molecule has 3 amide bonds.